The fourth-order valence-electron chi connectivity index (χ4n) is 2.95. The molecule has 3 heterocycles. The van der Waals surface area contributed by atoms with E-state index in [1.165, 1.54) is 16.0 Å². The molecule has 0 amide bonds. The first-order valence-electron chi connectivity index (χ1n) is 6.68. The average Bonchev–Trinajstić information content (AvgIpc) is 2.97. The monoisotopic (exact) mass is 276 g/mol. The SMILES string of the molecule is CC(N)C(c1cnn(C)c1)N1CCc2sccc2C1. The van der Waals surface area contributed by atoms with Crippen molar-refractivity contribution in [2.45, 2.75) is 32.0 Å². The van der Waals surface area contributed by atoms with Crippen LogP contribution in [0.5, 0.6) is 0 Å². The highest BCUT2D eigenvalue weighted by Gasteiger charge is 2.28. The highest BCUT2D eigenvalue weighted by Crippen LogP contribution is 2.31. The molecule has 2 aromatic rings. The van der Waals surface area contributed by atoms with Crippen molar-refractivity contribution in [2.75, 3.05) is 6.54 Å². The van der Waals surface area contributed by atoms with Gasteiger partial charge in [0.25, 0.3) is 0 Å². The van der Waals surface area contributed by atoms with Crippen molar-refractivity contribution in [3.8, 4) is 0 Å². The first-order chi connectivity index (χ1) is 9.15. The molecule has 0 bridgehead atoms. The van der Waals surface area contributed by atoms with Gasteiger partial charge in [0, 0.05) is 42.8 Å². The Morgan fingerprint density at radius 1 is 1.47 bits per heavy atom. The predicted octanol–water partition coefficient (Wildman–Crippen LogP) is 1.93. The van der Waals surface area contributed by atoms with Gasteiger partial charge in [-0.1, -0.05) is 0 Å². The maximum absolute atomic E-state index is 6.23. The molecular formula is C14H20N4S. The molecule has 2 aromatic heterocycles. The van der Waals surface area contributed by atoms with E-state index < -0.39 is 0 Å². The molecule has 0 aromatic carbocycles. The van der Waals surface area contributed by atoms with E-state index in [4.69, 9.17) is 5.73 Å². The largest absolute Gasteiger partial charge is 0.326 e. The molecule has 2 unspecified atom stereocenters. The van der Waals surface area contributed by atoms with Gasteiger partial charge in [-0.15, -0.1) is 11.3 Å². The summed E-state index contributed by atoms with van der Waals surface area (Å²) < 4.78 is 1.85. The Labute approximate surface area is 117 Å². The minimum Gasteiger partial charge on any atom is -0.326 e. The number of thiophene rings is 1. The zero-order chi connectivity index (χ0) is 13.4. The molecule has 0 radical (unpaired) electrons. The highest BCUT2D eigenvalue weighted by molar-refractivity contribution is 7.10. The second kappa shape index (κ2) is 5.07. The Hall–Kier alpha value is -1.17. The minimum atomic E-state index is 0.101. The van der Waals surface area contributed by atoms with Crippen molar-refractivity contribution in [3.63, 3.8) is 0 Å². The Morgan fingerprint density at radius 2 is 2.32 bits per heavy atom. The van der Waals surface area contributed by atoms with Crippen LogP contribution in [0.2, 0.25) is 0 Å². The first-order valence-corrected chi connectivity index (χ1v) is 7.56. The summed E-state index contributed by atoms with van der Waals surface area (Å²) in [5, 5.41) is 6.48. The van der Waals surface area contributed by atoms with Gasteiger partial charge >= 0.3 is 0 Å². The molecule has 1 aliphatic rings. The van der Waals surface area contributed by atoms with Gasteiger partial charge in [0.1, 0.15) is 0 Å². The van der Waals surface area contributed by atoms with Gasteiger partial charge < -0.3 is 5.73 Å². The molecule has 4 nitrogen and oxygen atoms in total. The number of nitrogens with zero attached hydrogens (tertiary/aromatic N) is 3. The van der Waals surface area contributed by atoms with Crippen LogP contribution < -0.4 is 5.73 Å². The normalized spacial score (nSPS) is 19.1. The number of hydrogen-bond donors (Lipinski definition) is 1. The average molecular weight is 276 g/mol. The summed E-state index contributed by atoms with van der Waals surface area (Å²) in [6, 6.07) is 2.60. The molecule has 19 heavy (non-hydrogen) atoms. The molecule has 0 saturated carbocycles. The van der Waals surface area contributed by atoms with Crippen molar-refractivity contribution in [1.29, 1.82) is 0 Å². The van der Waals surface area contributed by atoms with Crippen molar-refractivity contribution in [2.24, 2.45) is 12.8 Å². The topological polar surface area (TPSA) is 47.1 Å². The van der Waals surface area contributed by atoms with Gasteiger partial charge in [-0.05, 0) is 30.4 Å². The highest BCUT2D eigenvalue weighted by atomic mass is 32.1. The zero-order valence-electron chi connectivity index (χ0n) is 11.4. The van der Waals surface area contributed by atoms with Gasteiger partial charge in [-0.2, -0.15) is 5.10 Å². The summed E-state index contributed by atoms with van der Waals surface area (Å²) in [7, 11) is 1.95. The third kappa shape index (κ3) is 2.45. The number of rotatable bonds is 3. The Bertz CT molecular complexity index is 557. The Morgan fingerprint density at radius 3 is 3.00 bits per heavy atom. The molecule has 102 valence electrons. The van der Waals surface area contributed by atoms with Crippen LogP contribution in [-0.2, 0) is 20.0 Å². The van der Waals surface area contributed by atoms with Crippen LogP contribution in [0.25, 0.3) is 0 Å². The maximum Gasteiger partial charge on any atom is 0.0538 e. The Kier molecular flexibility index (Phi) is 3.43. The lowest BCUT2D eigenvalue weighted by molar-refractivity contribution is 0.161. The van der Waals surface area contributed by atoms with Crippen molar-refractivity contribution in [1.82, 2.24) is 14.7 Å². The fourth-order valence-corrected chi connectivity index (χ4v) is 3.84. The zero-order valence-corrected chi connectivity index (χ0v) is 12.2. The van der Waals surface area contributed by atoms with Gasteiger partial charge in [-0.25, -0.2) is 0 Å². The van der Waals surface area contributed by atoms with Gasteiger partial charge in [0.2, 0.25) is 0 Å². The smallest absolute Gasteiger partial charge is 0.0538 e. The van der Waals surface area contributed by atoms with Crippen LogP contribution in [-0.4, -0.2) is 27.3 Å². The van der Waals surface area contributed by atoms with Crippen LogP contribution >= 0.6 is 11.3 Å². The third-order valence-corrected chi connectivity index (χ3v) is 4.82. The molecule has 2 atom stereocenters. The molecule has 0 fully saturated rings. The summed E-state index contributed by atoms with van der Waals surface area (Å²) in [5.41, 5.74) is 8.91. The van der Waals surface area contributed by atoms with Gasteiger partial charge in [-0.3, -0.25) is 9.58 Å². The van der Waals surface area contributed by atoms with Crippen molar-refractivity contribution >= 4 is 11.3 Å². The van der Waals surface area contributed by atoms with E-state index in [0.717, 1.165) is 19.5 Å². The van der Waals surface area contributed by atoms with Crippen LogP contribution in [0.1, 0.15) is 29.0 Å². The minimum absolute atomic E-state index is 0.101. The number of fused-ring (bicyclic) bond motifs is 1. The third-order valence-electron chi connectivity index (χ3n) is 3.79. The fraction of sp³-hybridized carbons (Fsp3) is 0.500. The number of nitrogens with two attached hydrogens (primary N) is 1. The lowest BCUT2D eigenvalue weighted by atomic mass is 9.99. The standard InChI is InChI=1S/C14H20N4S/c1-10(15)14(12-7-16-17(2)8-12)18-5-3-13-11(9-18)4-6-19-13/h4,6-8,10,14H,3,5,9,15H2,1-2H3. The van der Waals surface area contributed by atoms with Crippen molar-refractivity contribution in [3.05, 3.63) is 39.8 Å². The quantitative estimate of drug-likeness (QED) is 0.932. The second-order valence-corrected chi connectivity index (χ2v) is 6.34. The van der Waals surface area contributed by atoms with Crippen LogP contribution in [0.3, 0.4) is 0 Å². The van der Waals surface area contributed by atoms with Crippen LogP contribution in [0, 0.1) is 0 Å². The summed E-state index contributed by atoms with van der Waals surface area (Å²) in [4.78, 5) is 4.02. The number of aryl methyl sites for hydroxylation is 1. The summed E-state index contributed by atoms with van der Waals surface area (Å²) >= 11 is 1.87. The van der Waals surface area contributed by atoms with E-state index in [-0.39, 0.29) is 12.1 Å². The summed E-state index contributed by atoms with van der Waals surface area (Å²) in [6.07, 6.45) is 5.16. The predicted molar refractivity (Wildman–Crippen MR) is 78.0 cm³/mol. The molecule has 0 aliphatic carbocycles. The molecule has 1 aliphatic heterocycles. The lowest BCUT2D eigenvalue weighted by Crippen LogP contribution is -2.41. The molecule has 3 rings (SSSR count). The van der Waals surface area contributed by atoms with E-state index in [1.54, 1.807) is 0 Å². The molecular weight excluding hydrogens is 256 g/mol. The molecule has 5 heteroatoms. The van der Waals surface area contributed by atoms with Gasteiger partial charge in [0.05, 0.1) is 12.2 Å². The maximum atomic E-state index is 6.23. The van der Waals surface area contributed by atoms with E-state index in [1.807, 2.05) is 29.3 Å². The molecule has 0 saturated heterocycles. The van der Waals surface area contributed by atoms with Crippen molar-refractivity contribution < 1.29 is 0 Å². The summed E-state index contributed by atoms with van der Waals surface area (Å²) in [6.45, 7) is 4.16. The van der Waals surface area contributed by atoms with E-state index in [0.29, 0.717) is 0 Å². The summed E-state index contributed by atoms with van der Waals surface area (Å²) in [5.74, 6) is 0. The molecule has 2 N–H and O–H groups in total. The first kappa shape index (κ1) is 12.8. The van der Waals surface area contributed by atoms with Gasteiger partial charge in [0.15, 0.2) is 0 Å². The number of hydrogen-bond acceptors (Lipinski definition) is 4. The lowest BCUT2D eigenvalue weighted by Gasteiger charge is -2.36. The van der Waals surface area contributed by atoms with E-state index >= 15 is 0 Å². The van der Waals surface area contributed by atoms with E-state index in [9.17, 15) is 0 Å². The van der Waals surface area contributed by atoms with Crippen LogP contribution in [0.4, 0.5) is 0 Å². The number of aromatic nitrogens is 2. The van der Waals surface area contributed by atoms with E-state index in [2.05, 4.69) is 34.6 Å². The Balaban J connectivity index is 1.86. The second-order valence-electron chi connectivity index (χ2n) is 5.34. The molecule has 0 spiro atoms. The van der Waals surface area contributed by atoms with Crippen LogP contribution in [0.15, 0.2) is 23.8 Å².